The lowest BCUT2D eigenvalue weighted by molar-refractivity contribution is -0.248. The summed E-state index contributed by atoms with van der Waals surface area (Å²) in [5.41, 5.74) is -0.231. The molecule has 1 N–H and O–H groups in total. The van der Waals surface area contributed by atoms with Crippen molar-refractivity contribution >= 4 is 17.5 Å². The maximum Gasteiger partial charge on any atom is 0.403 e. The van der Waals surface area contributed by atoms with Gasteiger partial charge in [0.05, 0.1) is 23.6 Å². The van der Waals surface area contributed by atoms with Crippen LogP contribution in [0.3, 0.4) is 0 Å². The number of pyridine rings is 2. The number of aromatic nitrogens is 2. The fourth-order valence-electron chi connectivity index (χ4n) is 6.40. The Morgan fingerprint density at radius 2 is 1.84 bits per heavy atom. The highest BCUT2D eigenvalue weighted by Gasteiger charge is 2.64. The first-order valence-corrected chi connectivity index (χ1v) is 15.3. The summed E-state index contributed by atoms with van der Waals surface area (Å²) in [6, 6.07) is 7.02. The summed E-state index contributed by atoms with van der Waals surface area (Å²) in [5, 5.41) is 3.17. The largest absolute Gasteiger partial charge is 0.477 e. The van der Waals surface area contributed by atoms with Crippen LogP contribution in [-0.4, -0.2) is 96.2 Å². The van der Waals surface area contributed by atoms with Gasteiger partial charge < -0.3 is 24.8 Å². The SMILES string of the molecule is CCOc1ncccc1-c1ccc(N2CCN(C(=O)C3(C(F)(F)F)CCC3)C[C@H]2CC)c(C(=O)NC2CCN(C)CC2)n1. The van der Waals surface area contributed by atoms with Crippen molar-refractivity contribution in [2.24, 2.45) is 5.41 Å². The van der Waals surface area contributed by atoms with Crippen molar-refractivity contribution in [3.63, 3.8) is 0 Å². The number of nitrogens with one attached hydrogen (secondary N) is 1. The second-order valence-electron chi connectivity index (χ2n) is 11.8. The van der Waals surface area contributed by atoms with E-state index >= 15 is 0 Å². The van der Waals surface area contributed by atoms with Crippen LogP contribution in [0.15, 0.2) is 30.5 Å². The lowest BCUT2D eigenvalue weighted by atomic mass is 9.67. The highest BCUT2D eigenvalue weighted by Crippen LogP contribution is 2.54. The molecule has 3 aliphatic rings. The average molecular weight is 603 g/mol. The fourth-order valence-corrected chi connectivity index (χ4v) is 6.40. The molecule has 2 aromatic heterocycles. The second-order valence-corrected chi connectivity index (χ2v) is 11.8. The number of carbonyl (C=O) groups excluding carboxylic acids is 2. The molecule has 2 aromatic rings. The van der Waals surface area contributed by atoms with Crippen LogP contribution in [0, 0.1) is 5.41 Å². The third-order valence-corrected chi connectivity index (χ3v) is 9.18. The number of hydrogen-bond acceptors (Lipinski definition) is 7. The van der Waals surface area contributed by atoms with Crippen molar-refractivity contribution in [1.29, 1.82) is 0 Å². The minimum Gasteiger partial charge on any atom is -0.477 e. The van der Waals surface area contributed by atoms with E-state index in [4.69, 9.17) is 9.72 Å². The molecule has 0 spiro atoms. The maximum atomic E-state index is 14.0. The minimum atomic E-state index is -4.56. The van der Waals surface area contributed by atoms with Crippen LogP contribution in [0.2, 0.25) is 0 Å². The third kappa shape index (κ3) is 6.16. The van der Waals surface area contributed by atoms with Gasteiger partial charge in [-0.15, -0.1) is 0 Å². The van der Waals surface area contributed by atoms with Crippen LogP contribution in [0.25, 0.3) is 11.3 Å². The monoisotopic (exact) mass is 602 g/mol. The highest BCUT2D eigenvalue weighted by molar-refractivity contribution is 5.99. The minimum absolute atomic E-state index is 0.0110. The Morgan fingerprint density at radius 1 is 1.09 bits per heavy atom. The van der Waals surface area contributed by atoms with Gasteiger partial charge in [-0.25, -0.2) is 9.97 Å². The second kappa shape index (κ2) is 12.7. The Kier molecular flexibility index (Phi) is 9.15. The molecule has 1 saturated carbocycles. The molecule has 43 heavy (non-hydrogen) atoms. The number of nitrogens with zero attached hydrogens (tertiary/aromatic N) is 5. The number of halogens is 3. The van der Waals surface area contributed by atoms with Crippen LogP contribution in [0.4, 0.5) is 18.9 Å². The first kappa shape index (κ1) is 31.0. The number of hydrogen-bond donors (Lipinski definition) is 1. The van der Waals surface area contributed by atoms with E-state index in [2.05, 4.69) is 22.2 Å². The molecule has 1 atom stereocenters. The molecule has 5 rings (SSSR count). The zero-order valence-corrected chi connectivity index (χ0v) is 25.1. The number of ether oxygens (including phenoxy) is 1. The molecule has 234 valence electrons. The number of amides is 2. The summed E-state index contributed by atoms with van der Waals surface area (Å²) in [6.45, 7) is 6.58. The first-order valence-electron chi connectivity index (χ1n) is 15.3. The number of carbonyl (C=O) groups is 2. The van der Waals surface area contributed by atoms with Gasteiger partial charge in [0.25, 0.3) is 5.91 Å². The molecule has 9 nitrogen and oxygen atoms in total. The van der Waals surface area contributed by atoms with E-state index in [1.54, 1.807) is 12.3 Å². The summed E-state index contributed by atoms with van der Waals surface area (Å²) in [7, 11) is 2.06. The smallest absolute Gasteiger partial charge is 0.403 e. The number of alkyl halides is 3. The van der Waals surface area contributed by atoms with Crippen molar-refractivity contribution < 1.29 is 27.5 Å². The Hall–Kier alpha value is -3.41. The zero-order valence-electron chi connectivity index (χ0n) is 25.1. The van der Waals surface area contributed by atoms with E-state index in [-0.39, 0.29) is 49.6 Å². The zero-order chi connectivity index (χ0) is 30.8. The lowest BCUT2D eigenvalue weighted by Crippen LogP contribution is -2.62. The predicted octanol–water partition coefficient (Wildman–Crippen LogP) is 4.53. The van der Waals surface area contributed by atoms with E-state index < -0.39 is 17.5 Å². The molecular formula is C31H41F3N6O3. The average Bonchev–Trinajstić information content (AvgIpc) is 2.97. The molecule has 0 radical (unpaired) electrons. The van der Waals surface area contributed by atoms with E-state index in [0.29, 0.717) is 48.8 Å². The Bertz CT molecular complexity index is 1310. The number of rotatable bonds is 8. The van der Waals surface area contributed by atoms with Gasteiger partial charge in [0.1, 0.15) is 5.41 Å². The van der Waals surface area contributed by atoms with Crippen LogP contribution >= 0.6 is 0 Å². The molecule has 2 amide bonds. The van der Waals surface area contributed by atoms with Crippen molar-refractivity contribution in [2.45, 2.75) is 70.6 Å². The van der Waals surface area contributed by atoms with E-state index in [1.165, 1.54) is 4.90 Å². The molecule has 0 aromatic carbocycles. The highest BCUT2D eigenvalue weighted by atomic mass is 19.4. The van der Waals surface area contributed by atoms with Crippen molar-refractivity contribution in [1.82, 2.24) is 25.1 Å². The van der Waals surface area contributed by atoms with Gasteiger partial charge in [-0.05, 0) is 83.4 Å². The van der Waals surface area contributed by atoms with E-state index in [9.17, 15) is 22.8 Å². The molecular weight excluding hydrogens is 561 g/mol. The van der Waals surface area contributed by atoms with Crippen molar-refractivity contribution in [2.75, 3.05) is 51.3 Å². The number of likely N-dealkylation sites (tertiary alicyclic amines) is 1. The topological polar surface area (TPSA) is 90.9 Å². The Morgan fingerprint density at radius 3 is 2.47 bits per heavy atom. The van der Waals surface area contributed by atoms with Gasteiger partial charge in [-0.2, -0.15) is 13.2 Å². The summed E-state index contributed by atoms with van der Waals surface area (Å²) in [5.74, 6) is -0.703. The number of anilines is 1. The standard InChI is InChI=1S/C31H41F3N6O3/c1-4-22-20-39(29(42)30(13-7-14-30)31(32,33)34)18-19-40(22)25-10-9-24(23-8-6-15-35-28(23)43-5-2)37-26(25)27(41)36-21-11-16-38(3)17-12-21/h6,8-10,15,21-22H,4-5,7,11-14,16-20H2,1-3H3,(H,36,41)/t22-/m1/s1. The summed E-state index contributed by atoms with van der Waals surface area (Å²) in [4.78, 5) is 41.9. The van der Waals surface area contributed by atoms with Crippen LogP contribution in [-0.2, 0) is 4.79 Å². The Labute approximate surface area is 250 Å². The van der Waals surface area contributed by atoms with E-state index in [0.717, 1.165) is 25.9 Å². The van der Waals surface area contributed by atoms with Crippen LogP contribution in [0.1, 0.15) is 62.9 Å². The van der Waals surface area contributed by atoms with Gasteiger partial charge in [0.2, 0.25) is 11.8 Å². The van der Waals surface area contributed by atoms with Gasteiger partial charge in [0.15, 0.2) is 5.69 Å². The van der Waals surface area contributed by atoms with Gasteiger partial charge >= 0.3 is 6.18 Å². The predicted molar refractivity (Wildman–Crippen MR) is 157 cm³/mol. The molecule has 2 aliphatic heterocycles. The maximum absolute atomic E-state index is 14.0. The Balaban J connectivity index is 1.45. The molecule has 3 fully saturated rings. The number of piperazine rings is 1. The third-order valence-electron chi connectivity index (χ3n) is 9.18. The van der Waals surface area contributed by atoms with Gasteiger partial charge in [0, 0.05) is 37.9 Å². The quantitative estimate of drug-likeness (QED) is 0.475. The van der Waals surface area contributed by atoms with Gasteiger partial charge in [-0.1, -0.05) is 13.3 Å². The number of piperidine rings is 1. The summed E-state index contributed by atoms with van der Waals surface area (Å²) in [6.07, 6.45) is -0.603. The van der Waals surface area contributed by atoms with E-state index in [1.807, 2.05) is 36.9 Å². The molecule has 2 saturated heterocycles. The molecule has 4 heterocycles. The first-order chi connectivity index (χ1) is 20.6. The van der Waals surface area contributed by atoms with Crippen LogP contribution < -0.4 is 15.0 Å². The van der Waals surface area contributed by atoms with Crippen molar-refractivity contribution in [3.05, 3.63) is 36.2 Å². The molecule has 12 heteroatoms. The van der Waals surface area contributed by atoms with Gasteiger partial charge in [-0.3, -0.25) is 9.59 Å². The summed E-state index contributed by atoms with van der Waals surface area (Å²) < 4.78 is 47.6. The lowest BCUT2D eigenvalue weighted by Gasteiger charge is -2.48. The fraction of sp³-hybridized carbons (Fsp3) is 0.613. The normalized spacial score (nSPS) is 21.3. The molecule has 0 bridgehead atoms. The van der Waals surface area contributed by atoms with Crippen LogP contribution in [0.5, 0.6) is 5.88 Å². The molecule has 0 unspecified atom stereocenters. The summed E-state index contributed by atoms with van der Waals surface area (Å²) >= 11 is 0. The molecule has 1 aliphatic carbocycles. The van der Waals surface area contributed by atoms with Crippen molar-refractivity contribution in [3.8, 4) is 17.1 Å².